The summed E-state index contributed by atoms with van der Waals surface area (Å²) in [5.74, 6) is 0. The molecule has 0 aromatic carbocycles. The van der Waals surface area contributed by atoms with E-state index in [4.69, 9.17) is 4.74 Å². The van der Waals surface area contributed by atoms with Gasteiger partial charge < -0.3 is 4.74 Å². The predicted octanol–water partition coefficient (Wildman–Crippen LogP) is 2.41. The van der Waals surface area contributed by atoms with Gasteiger partial charge in [0.25, 0.3) is 0 Å². The maximum atomic E-state index is 5.14. The molecule has 0 spiro atoms. The van der Waals surface area contributed by atoms with Crippen LogP contribution >= 0.6 is 24.8 Å². The average Bonchev–Trinajstić information content (AvgIpc) is 1.82. The number of hydrogen-bond acceptors (Lipinski definition) is 2. The summed E-state index contributed by atoms with van der Waals surface area (Å²) in [6.07, 6.45) is 2.25. The van der Waals surface area contributed by atoms with Crippen molar-refractivity contribution in [2.75, 3.05) is 0 Å². The first-order chi connectivity index (χ1) is 4.20. The summed E-state index contributed by atoms with van der Waals surface area (Å²) in [4.78, 5) is 0. The Hall–Kier alpha value is 0.240. The second-order valence-corrected chi connectivity index (χ2v) is 2.90. The summed E-state index contributed by atoms with van der Waals surface area (Å²) < 4.78 is 5.49. The van der Waals surface area contributed by atoms with Gasteiger partial charge in [0.15, 0.2) is 0 Å². The van der Waals surface area contributed by atoms with Crippen molar-refractivity contribution in [1.29, 1.82) is 0 Å². The lowest BCUT2D eigenvalue weighted by atomic mass is 10.2. The first-order valence-corrected chi connectivity index (χ1v) is 3.95. The zero-order valence-corrected chi connectivity index (χ0v) is 7.47. The van der Waals surface area contributed by atoms with E-state index in [0.29, 0.717) is 4.38 Å². The molecule has 0 N–H and O–H groups in total. The minimum absolute atomic E-state index is 0.259. The molecule has 3 heteroatoms. The van der Waals surface area contributed by atoms with Crippen LogP contribution in [0, 0.1) is 0 Å². The summed E-state index contributed by atoms with van der Waals surface area (Å²) in [5.41, 5.74) is 0. The van der Waals surface area contributed by atoms with Crippen molar-refractivity contribution < 1.29 is 4.74 Å². The summed E-state index contributed by atoms with van der Waals surface area (Å²) in [7, 11) is 0. The highest BCUT2D eigenvalue weighted by Gasteiger charge is 2.02. The van der Waals surface area contributed by atoms with Crippen LogP contribution in [0.4, 0.5) is 0 Å². The Morgan fingerprint density at radius 1 is 1.56 bits per heavy atom. The van der Waals surface area contributed by atoms with Gasteiger partial charge in [-0.3, -0.25) is 0 Å². The van der Waals surface area contributed by atoms with Gasteiger partial charge >= 0.3 is 0 Å². The second kappa shape index (κ2) is 5.06. The standard InChI is InChI=1S/C6H12OS2/c1-3-5(4-2)7-6(8)9/h5H,3-4H2,1-2H3,(H,8,9). The monoisotopic (exact) mass is 164 g/mol. The number of rotatable bonds is 3. The molecule has 0 aliphatic rings. The Kier molecular flexibility index (Phi) is 5.19. The summed E-state index contributed by atoms with van der Waals surface area (Å²) in [6.45, 7) is 4.14. The molecule has 0 aliphatic heterocycles. The number of thiocarbonyl (C=S) groups is 1. The summed E-state index contributed by atoms with van der Waals surface area (Å²) in [5, 5.41) is 0. The lowest BCUT2D eigenvalue weighted by Crippen LogP contribution is -2.11. The van der Waals surface area contributed by atoms with E-state index in [1.807, 2.05) is 0 Å². The van der Waals surface area contributed by atoms with Gasteiger partial charge in [0.2, 0.25) is 4.38 Å². The van der Waals surface area contributed by atoms with Crippen LogP contribution in [-0.4, -0.2) is 10.5 Å². The summed E-state index contributed by atoms with van der Waals surface area (Å²) >= 11 is 8.50. The SMILES string of the molecule is CCC(CC)OC(=S)S. The molecule has 0 saturated carbocycles. The van der Waals surface area contributed by atoms with E-state index in [2.05, 4.69) is 38.7 Å². The molecule has 1 nitrogen and oxygen atoms in total. The second-order valence-electron chi connectivity index (χ2n) is 1.82. The van der Waals surface area contributed by atoms with Gasteiger partial charge in [-0.25, -0.2) is 0 Å². The van der Waals surface area contributed by atoms with E-state index in [1.165, 1.54) is 0 Å². The van der Waals surface area contributed by atoms with Crippen molar-refractivity contribution >= 4 is 29.2 Å². The lowest BCUT2D eigenvalue weighted by molar-refractivity contribution is 0.192. The zero-order chi connectivity index (χ0) is 7.28. The molecule has 0 aromatic rings. The molecule has 0 rings (SSSR count). The Morgan fingerprint density at radius 3 is 2.11 bits per heavy atom. The van der Waals surface area contributed by atoms with E-state index in [-0.39, 0.29) is 6.10 Å². The molecule has 0 aliphatic carbocycles. The lowest BCUT2D eigenvalue weighted by Gasteiger charge is -2.12. The third-order valence-corrected chi connectivity index (χ3v) is 1.38. The van der Waals surface area contributed by atoms with E-state index < -0.39 is 0 Å². The third kappa shape index (κ3) is 4.73. The van der Waals surface area contributed by atoms with E-state index >= 15 is 0 Å². The molecule has 0 bridgehead atoms. The van der Waals surface area contributed by atoms with Gasteiger partial charge in [-0.2, -0.15) is 0 Å². The van der Waals surface area contributed by atoms with Crippen molar-refractivity contribution in [2.24, 2.45) is 0 Å². The molecule has 9 heavy (non-hydrogen) atoms. The average molecular weight is 164 g/mol. The molecule has 0 heterocycles. The van der Waals surface area contributed by atoms with E-state index in [0.717, 1.165) is 12.8 Å². The summed E-state index contributed by atoms with van der Waals surface area (Å²) in [6, 6.07) is 0. The van der Waals surface area contributed by atoms with Gasteiger partial charge in [0.1, 0.15) is 0 Å². The smallest absolute Gasteiger partial charge is 0.217 e. The van der Waals surface area contributed by atoms with Gasteiger partial charge in [-0.05, 0) is 25.1 Å². The first-order valence-electron chi connectivity index (χ1n) is 3.10. The van der Waals surface area contributed by atoms with Crippen LogP contribution < -0.4 is 0 Å². The number of ether oxygens (including phenoxy) is 1. The Bertz CT molecular complexity index is 89.1. The number of hydrogen-bond donors (Lipinski definition) is 1. The molecular weight excluding hydrogens is 152 g/mol. The van der Waals surface area contributed by atoms with Crippen LogP contribution in [0.3, 0.4) is 0 Å². The molecule has 0 amide bonds. The highest BCUT2D eigenvalue weighted by Crippen LogP contribution is 2.04. The van der Waals surface area contributed by atoms with Crippen LogP contribution in [0.1, 0.15) is 26.7 Å². The molecular formula is C6H12OS2. The normalized spacial score (nSPS) is 9.78. The predicted molar refractivity (Wildman–Crippen MR) is 47.0 cm³/mol. The van der Waals surface area contributed by atoms with E-state index in [1.54, 1.807) is 0 Å². The van der Waals surface area contributed by atoms with Crippen LogP contribution in [0.25, 0.3) is 0 Å². The maximum Gasteiger partial charge on any atom is 0.217 e. The molecule has 0 aromatic heterocycles. The molecule has 0 radical (unpaired) electrons. The highest BCUT2D eigenvalue weighted by atomic mass is 32.1. The Labute approximate surface area is 67.2 Å². The zero-order valence-electron chi connectivity index (χ0n) is 5.76. The third-order valence-electron chi connectivity index (χ3n) is 1.18. The molecule has 0 fully saturated rings. The fraction of sp³-hybridized carbons (Fsp3) is 0.833. The molecule has 0 atom stereocenters. The molecule has 0 unspecified atom stereocenters. The topological polar surface area (TPSA) is 9.23 Å². The minimum Gasteiger partial charge on any atom is -0.475 e. The Morgan fingerprint density at radius 2 is 2.00 bits per heavy atom. The van der Waals surface area contributed by atoms with E-state index in [9.17, 15) is 0 Å². The van der Waals surface area contributed by atoms with Crippen LogP contribution in [-0.2, 0) is 4.74 Å². The number of thiol groups is 1. The van der Waals surface area contributed by atoms with Gasteiger partial charge in [0.05, 0.1) is 6.10 Å². The van der Waals surface area contributed by atoms with Crippen molar-refractivity contribution in [3.8, 4) is 0 Å². The maximum absolute atomic E-state index is 5.14. The molecule has 0 saturated heterocycles. The largest absolute Gasteiger partial charge is 0.475 e. The van der Waals surface area contributed by atoms with Crippen molar-refractivity contribution in [3.05, 3.63) is 0 Å². The fourth-order valence-electron chi connectivity index (χ4n) is 0.598. The van der Waals surface area contributed by atoms with Crippen LogP contribution in [0.15, 0.2) is 0 Å². The van der Waals surface area contributed by atoms with Crippen LogP contribution in [0.2, 0.25) is 0 Å². The highest BCUT2D eigenvalue weighted by molar-refractivity contribution is 8.10. The van der Waals surface area contributed by atoms with Crippen LogP contribution in [0.5, 0.6) is 0 Å². The quantitative estimate of drug-likeness (QED) is 0.506. The van der Waals surface area contributed by atoms with Gasteiger partial charge in [0, 0.05) is 0 Å². The van der Waals surface area contributed by atoms with Gasteiger partial charge in [-0.15, -0.1) is 0 Å². The Balaban J connectivity index is 3.43. The minimum atomic E-state index is 0.259. The van der Waals surface area contributed by atoms with Crippen molar-refractivity contribution in [3.63, 3.8) is 0 Å². The van der Waals surface area contributed by atoms with Gasteiger partial charge in [-0.1, -0.05) is 26.5 Å². The molecule has 54 valence electrons. The van der Waals surface area contributed by atoms with Crippen molar-refractivity contribution in [1.82, 2.24) is 0 Å². The van der Waals surface area contributed by atoms with Crippen molar-refractivity contribution in [2.45, 2.75) is 32.8 Å². The fourth-order valence-corrected chi connectivity index (χ4v) is 0.883. The first kappa shape index (κ1) is 9.24.